The van der Waals surface area contributed by atoms with Crippen molar-refractivity contribution in [2.75, 3.05) is 31.1 Å². The molecule has 0 radical (unpaired) electrons. The molecule has 1 heterocycles. The number of aromatic hydroxyl groups is 1. The third-order valence-corrected chi connectivity index (χ3v) is 5.42. The van der Waals surface area contributed by atoms with Crippen LogP contribution in [0.2, 0.25) is 0 Å². The first-order valence-corrected chi connectivity index (χ1v) is 9.48. The molecule has 1 N–H and O–H groups in total. The Morgan fingerprint density at radius 3 is 2.35 bits per heavy atom. The summed E-state index contributed by atoms with van der Waals surface area (Å²) in [6.45, 7) is 7.32. The summed E-state index contributed by atoms with van der Waals surface area (Å²) >= 11 is 0. The van der Waals surface area contributed by atoms with Crippen molar-refractivity contribution in [2.24, 2.45) is 5.92 Å². The van der Waals surface area contributed by atoms with Crippen LogP contribution in [0.25, 0.3) is 0 Å². The molecule has 0 bridgehead atoms. The van der Waals surface area contributed by atoms with Crippen molar-refractivity contribution in [1.29, 1.82) is 0 Å². The van der Waals surface area contributed by atoms with E-state index >= 15 is 0 Å². The zero-order valence-corrected chi connectivity index (χ0v) is 15.6. The standard InChI is InChI=1S/C22H28N2O2/c1-3-17(2)21(18-8-5-4-6-9-18)22(26)24-14-12-23(13-15-24)19-10-7-11-20(25)16-19/h4-11,16-17,21,25H,3,12-15H2,1-2H3. The maximum Gasteiger partial charge on any atom is 0.230 e. The van der Waals surface area contributed by atoms with E-state index in [1.165, 1.54) is 0 Å². The first kappa shape index (κ1) is 18.3. The Hall–Kier alpha value is -2.49. The van der Waals surface area contributed by atoms with Crippen molar-refractivity contribution >= 4 is 11.6 Å². The van der Waals surface area contributed by atoms with E-state index in [1.54, 1.807) is 12.1 Å². The van der Waals surface area contributed by atoms with Crippen LogP contribution in [0.5, 0.6) is 5.75 Å². The molecule has 2 aromatic rings. The monoisotopic (exact) mass is 352 g/mol. The maximum absolute atomic E-state index is 13.3. The van der Waals surface area contributed by atoms with E-state index in [0.29, 0.717) is 19.0 Å². The number of rotatable bonds is 5. The second-order valence-corrected chi connectivity index (χ2v) is 7.11. The number of hydrogen-bond acceptors (Lipinski definition) is 3. The van der Waals surface area contributed by atoms with Crippen LogP contribution in [0, 0.1) is 5.92 Å². The van der Waals surface area contributed by atoms with Crippen LogP contribution in [0.15, 0.2) is 54.6 Å². The third kappa shape index (κ3) is 4.01. The van der Waals surface area contributed by atoms with Gasteiger partial charge in [0.1, 0.15) is 5.75 Å². The molecular weight excluding hydrogens is 324 g/mol. The lowest BCUT2D eigenvalue weighted by atomic mass is 9.84. The first-order chi connectivity index (χ1) is 12.6. The van der Waals surface area contributed by atoms with Crippen LogP contribution in [0.3, 0.4) is 0 Å². The van der Waals surface area contributed by atoms with E-state index in [4.69, 9.17) is 0 Å². The highest BCUT2D eigenvalue weighted by molar-refractivity contribution is 5.84. The number of piperazine rings is 1. The van der Waals surface area contributed by atoms with Crippen LogP contribution in [-0.4, -0.2) is 42.1 Å². The van der Waals surface area contributed by atoms with E-state index in [2.05, 4.69) is 30.9 Å². The molecular formula is C22H28N2O2. The summed E-state index contributed by atoms with van der Waals surface area (Å²) in [6.07, 6.45) is 0.981. The van der Waals surface area contributed by atoms with Gasteiger partial charge >= 0.3 is 0 Å². The van der Waals surface area contributed by atoms with Gasteiger partial charge in [-0.15, -0.1) is 0 Å². The van der Waals surface area contributed by atoms with Gasteiger partial charge in [-0.1, -0.05) is 56.7 Å². The van der Waals surface area contributed by atoms with Crippen molar-refractivity contribution in [1.82, 2.24) is 4.90 Å². The van der Waals surface area contributed by atoms with Crippen molar-refractivity contribution in [3.8, 4) is 5.75 Å². The molecule has 0 aromatic heterocycles. The van der Waals surface area contributed by atoms with E-state index in [-0.39, 0.29) is 17.6 Å². The highest BCUT2D eigenvalue weighted by Crippen LogP contribution is 2.30. The summed E-state index contributed by atoms with van der Waals surface area (Å²) in [7, 11) is 0. The van der Waals surface area contributed by atoms with Gasteiger partial charge in [0.05, 0.1) is 5.92 Å². The SMILES string of the molecule is CCC(C)C(C(=O)N1CCN(c2cccc(O)c2)CC1)c1ccccc1. The number of amides is 1. The van der Waals surface area contributed by atoms with Crippen LogP contribution >= 0.6 is 0 Å². The second-order valence-electron chi connectivity index (χ2n) is 7.11. The Morgan fingerprint density at radius 1 is 1.04 bits per heavy atom. The molecule has 1 aliphatic rings. The summed E-state index contributed by atoms with van der Waals surface area (Å²) < 4.78 is 0. The number of anilines is 1. The molecule has 4 heteroatoms. The average Bonchev–Trinajstić information content (AvgIpc) is 2.69. The van der Waals surface area contributed by atoms with Gasteiger partial charge in [-0.25, -0.2) is 0 Å². The van der Waals surface area contributed by atoms with Gasteiger partial charge in [0, 0.05) is 37.9 Å². The Morgan fingerprint density at radius 2 is 1.73 bits per heavy atom. The molecule has 1 saturated heterocycles. The normalized spacial score (nSPS) is 17.0. The van der Waals surface area contributed by atoms with Crippen molar-refractivity contribution < 1.29 is 9.90 Å². The highest BCUT2D eigenvalue weighted by atomic mass is 16.3. The quantitative estimate of drug-likeness (QED) is 0.888. The third-order valence-electron chi connectivity index (χ3n) is 5.42. The fourth-order valence-corrected chi connectivity index (χ4v) is 3.68. The summed E-state index contributed by atoms with van der Waals surface area (Å²) in [4.78, 5) is 17.5. The predicted octanol–water partition coefficient (Wildman–Crippen LogP) is 3.87. The molecule has 138 valence electrons. The van der Waals surface area contributed by atoms with Crippen LogP contribution in [0.4, 0.5) is 5.69 Å². The smallest absolute Gasteiger partial charge is 0.230 e. The van der Waals surface area contributed by atoms with Gasteiger partial charge in [-0.2, -0.15) is 0 Å². The number of carbonyl (C=O) groups is 1. The number of phenols is 1. The van der Waals surface area contributed by atoms with Gasteiger partial charge < -0.3 is 14.9 Å². The van der Waals surface area contributed by atoms with Crippen LogP contribution in [0.1, 0.15) is 31.7 Å². The van der Waals surface area contributed by atoms with Gasteiger partial charge in [0.25, 0.3) is 0 Å². The first-order valence-electron chi connectivity index (χ1n) is 9.48. The largest absolute Gasteiger partial charge is 0.508 e. The molecule has 26 heavy (non-hydrogen) atoms. The maximum atomic E-state index is 13.3. The second kappa shape index (κ2) is 8.26. The molecule has 3 rings (SSSR count). The van der Waals surface area contributed by atoms with Crippen molar-refractivity contribution in [3.63, 3.8) is 0 Å². The molecule has 2 atom stereocenters. The van der Waals surface area contributed by atoms with Gasteiger partial charge in [0.15, 0.2) is 0 Å². The molecule has 0 saturated carbocycles. The average molecular weight is 352 g/mol. The Balaban J connectivity index is 1.70. The minimum atomic E-state index is -0.0754. The molecule has 1 fully saturated rings. The molecule has 2 unspecified atom stereocenters. The van der Waals surface area contributed by atoms with Gasteiger partial charge in [0.2, 0.25) is 5.91 Å². The molecule has 2 aromatic carbocycles. The molecule has 1 aliphatic heterocycles. The molecule has 1 amide bonds. The lowest BCUT2D eigenvalue weighted by molar-refractivity contribution is -0.134. The zero-order chi connectivity index (χ0) is 18.5. The Kier molecular flexibility index (Phi) is 5.82. The fourth-order valence-electron chi connectivity index (χ4n) is 3.68. The van der Waals surface area contributed by atoms with E-state index in [9.17, 15) is 9.90 Å². The summed E-state index contributed by atoms with van der Waals surface area (Å²) in [6, 6.07) is 17.5. The summed E-state index contributed by atoms with van der Waals surface area (Å²) in [5.74, 6) is 0.755. The summed E-state index contributed by atoms with van der Waals surface area (Å²) in [5, 5.41) is 9.68. The number of phenolic OH excluding ortho intramolecular Hbond substituents is 1. The zero-order valence-electron chi connectivity index (χ0n) is 15.6. The predicted molar refractivity (Wildman–Crippen MR) is 106 cm³/mol. The Bertz CT molecular complexity index is 724. The van der Waals surface area contributed by atoms with Gasteiger partial charge in [-0.3, -0.25) is 4.79 Å². The van der Waals surface area contributed by atoms with Gasteiger partial charge in [-0.05, 0) is 23.6 Å². The molecule has 4 nitrogen and oxygen atoms in total. The van der Waals surface area contributed by atoms with Crippen LogP contribution < -0.4 is 4.90 Å². The number of nitrogens with zero attached hydrogens (tertiary/aromatic N) is 2. The fraction of sp³-hybridized carbons (Fsp3) is 0.409. The van der Waals surface area contributed by atoms with E-state index in [0.717, 1.165) is 30.8 Å². The lowest BCUT2D eigenvalue weighted by Gasteiger charge is -2.38. The number of carbonyl (C=O) groups excluding carboxylic acids is 1. The molecule has 0 spiro atoms. The number of hydrogen-bond donors (Lipinski definition) is 1. The Labute approximate surface area is 156 Å². The minimum absolute atomic E-state index is 0.0754. The summed E-state index contributed by atoms with van der Waals surface area (Å²) in [5.41, 5.74) is 2.13. The lowest BCUT2D eigenvalue weighted by Crippen LogP contribution is -2.50. The molecule has 0 aliphatic carbocycles. The van der Waals surface area contributed by atoms with E-state index < -0.39 is 0 Å². The van der Waals surface area contributed by atoms with Crippen molar-refractivity contribution in [3.05, 3.63) is 60.2 Å². The minimum Gasteiger partial charge on any atom is -0.508 e. The van der Waals surface area contributed by atoms with Crippen molar-refractivity contribution in [2.45, 2.75) is 26.2 Å². The topological polar surface area (TPSA) is 43.8 Å². The van der Waals surface area contributed by atoms with Crippen LogP contribution in [-0.2, 0) is 4.79 Å². The van der Waals surface area contributed by atoms with E-state index in [1.807, 2.05) is 35.2 Å². The number of benzene rings is 2. The highest BCUT2D eigenvalue weighted by Gasteiger charge is 2.31.